The number of nitrogens with zero attached hydrogens (tertiary/aromatic N) is 2. The molecule has 2 unspecified atom stereocenters. The molecule has 56 heavy (non-hydrogen) atoms. The fraction of sp³-hybridized carbons (Fsp3) is 0.0741. The van der Waals surface area contributed by atoms with Crippen molar-refractivity contribution in [1.82, 2.24) is 4.57 Å². The highest BCUT2D eigenvalue weighted by Gasteiger charge is 2.38. The lowest BCUT2D eigenvalue weighted by atomic mass is 9.87. The molecule has 2 atom stereocenters. The van der Waals surface area contributed by atoms with E-state index in [4.69, 9.17) is 0 Å². The standard InChI is InChI=1S/C54H40N2/c1-2-13-37(14-3-1)42-34-43(39-27-31-46(32-28-39)56-53-23-10-6-19-49(53)50-20-7-11-24-54(50)56)36-44(35-42)41-16-12-15-40(33-41)38-25-29-45(30-26-38)55-51-21-8-4-17-47(51)48-18-5-9-22-52(48)55/h1-4,6-17,19-36,47,51H,5,18H2. The van der Waals surface area contributed by atoms with Crippen LogP contribution in [0.5, 0.6) is 0 Å². The van der Waals surface area contributed by atoms with Crippen molar-refractivity contribution in [1.29, 1.82) is 0 Å². The van der Waals surface area contributed by atoms with Gasteiger partial charge in [0, 0.05) is 33.8 Å². The van der Waals surface area contributed by atoms with Crippen LogP contribution in [0.4, 0.5) is 5.69 Å². The topological polar surface area (TPSA) is 8.17 Å². The first kappa shape index (κ1) is 32.5. The first-order chi connectivity index (χ1) is 27.8. The molecule has 2 nitrogen and oxygen atoms in total. The third-order valence-corrected chi connectivity index (χ3v) is 12.0. The molecule has 0 N–H and O–H groups in total. The average molecular weight is 717 g/mol. The number of hydrogen-bond donors (Lipinski definition) is 0. The van der Waals surface area contributed by atoms with Gasteiger partial charge < -0.3 is 9.47 Å². The summed E-state index contributed by atoms with van der Waals surface area (Å²) in [4.78, 5) is 2.54. The smallest absolute Gasteiger partial charge is 0.0626 e. The third kappa shape index (κ3) is 5.48. The van der Waals surface area contributed by atoms with E-state index in [0.717, 1.165) is 18.5 Å². The van der Waals surface area contributed by atoms with Gasteiger partial charge in [-0.25, -0.2) is 0 Å². The second-order valence-corrected chi connectivity index (χ2v) is 15.2. The van der Waals surface area contributed by atoms with Gasteiger partial charge in [0.05, 0.1) is 17.1 Å². The van der Waals surface area contributed by atoms with Crippen LogP contribution in [0.3, 0.4) is 0 Å². The van der Waals surface area contributed by atoms with Crippen LogP contribution in [0.1, 0.15) is 12.8 Å². The number of hydrogen-bond acceptors (Lipinski definition) is 1. The molecule has 2 aliphatic carbocycles. The number of anilines is 1. The Morgan fingerprint density at radius 2 is 0.946 bits per heavy atom. The minimum Gasteiger partial charge on any atom is -0.334 e. The Labute approximate surface area is 328 Å². The summed E-state index contributed by atoms with van der Waals surface area (Å²) in [7, 11) is 0. The van der Waals surface area contributed by atoms with Gasteiger partial charge in [-0.15, -0.1) is 0 Å². The van der Waals surface area contributed by atoms with Crippen molar-refractivity contribution in [2.24, 2.45) is 5.92 Å². The molecule has 11 rings (SSSR count). The molecule has 7 aromatic carbocycles. The molecule has 2 heterocycles. The van der Waals surface area contributed by atoms with Crippen molar-refractivity contribution < 1.29 is 0 Å². The molecule has 3 aliphatic rings. The molecule has 0 amide bonds. The molecular weight excluding hydrogens is 677 g/mol. The van der Waals surface area contributed by atoms with Gasteiger partial charge in [0.15, 0.2) is 0 Å². The van der Waals surface area contributed by atoms with E-state index in [9.17, 15) is 0 Å². The van der Waals surface area contributed by atoms with Gasteiger partial charge in [-0.3, -0.25) is 0 Å². The summed E-state index contributed by atoms with van der Waals surface area (Å²) in [6.45, 7) is 0. The van der Waals surface area contributed by atoms with Gasteiger partial charge in [-0.1, -0.05) is 140 Å². The van der Waals surface area contributed by atoms with Crippen molar-refractivity contribution in [3.8, 4) is 50.2 Å². The van der Waals surface area contributed by atoms with E-state index in [1.165, 1.54) is 77.7 Å². The maximum atomic E-state index is 2.54. The number of fused-ring (bicyclic) bond motifs is 5. The van der Waals surface area contributed by atoms with Gasteiger partial charge in [0.2, 0.25) is 0 Å². The first-order valence-corrected chi connectivity index (χ1v) is 19.8. The van der Waals surface area contributed by atoms with Gasteiger partial charge in [-0.2, -0.15) is 0 Å². The molecule has 1 aromatic heterocycles. The second kappa shape index (κ2) is 13.4. The van der Waals surface area contributed by atoms with Gasteiger partial charge in [0.25, 0.3) is 0 Å². The Hall–Kier alpha value is -6.90. The van der Waals surface area contributed by atoms with Crippen LogP contribution in [0.2, 0.25) is 0 Å². The lowest BCUT2D eigenvalue weighted by molar-refractivity contribution is 0.658. The zero-order valence-electron chi connectivity index (χ0n) is 31.1. The molecule has 0 spiro atoms. The van der Waals surface area contributed by atoms with Gasteiger partial charge in [-0.05, 0) is 130 Å². The Balaban J connectivity index is 0.948. The van der Waals surface area contributed by atoms with Crippen LogP contribution in [0, 0.1) is 5.92 Å². The summed E-state index contributed by atoms with van der Waals surface area (Å²) < 4.78 is 2.38. The normalized spacial score (nSPS) is 17.2. The maximum Gasteiger partial charge on any atom is 0.0626 e. The number of aromatic nitrogens is 1. The Morgan fingerprint density at radius 3 is 1.64 bits per heavy atom. The minimum atomic E-state index is 0.345. The Bertz CT molecular complexity index is 2850. The number of allylic oxidation sites excluding steroid dienone is 4. The summed E-state index contributed by atoms with van der Waals surface area (Å²) >= 11 is 0. The number of rotatable bonds is 6. The SMILES string of the molecule is C1=CC2C3=C(C=CCC3)N(c3ccc(-c4cccc(-c5cc(-c6ccccc6)cc(-c6ccc(-n7c8ccccc8c8ccccc87)cc6)c5)c4)cc3)C2C=C1. The Kier molecular flexibility index (Phi) is 7.81. The molecule has 0 radical (unpaired) electrons. The first-order valence-electron chi connectivity index (χ1n) is 19.8. The van der Waals surface area contributed by atoms with Crippen LogP contribution in [0.25, 0.3) is 72.0 Å². The van der Waals surface area contributed by atoms with E-state index in [0.29, 0.717) is 12.0 Å². The number of para-hydroxylation sites is 2. The molecule has 266 valence electrons. The summed E-state index contributed by atoms with van der Waals surface area (Å²) in [5, 5.41) is 2.55. The minimum absolute atomic E-state index is 0.345. The van der Waals surface area contributed by atoms with Crippen molar-refractivity contribution in [3.63, 3.8) is 0 Å². The summed E-state index contributed by atoms with van der Waals surface area (Å²) in [6, 6.07) is 62.8. The molecule has 0 bridgehead atoms. The zero-order chi connectivity index (χ0) is 37.0. The van der Waals surface area contributed by atoms with Crippen LogP contribution >= 0.6 is 0 Å². The molecular formula is C54H40N2. The van der Waals surface area contributed by atoms with Gasteiger partial charge in [0.1, 0.15) is 0 Å². The van der Waals surface area contributed by atoms with Gasteiger partial charge >= 0.3 is 0 Å². The predicted molar refractivity (Wildman–Crippen MR) is 236 cm³/mol. The van der Waals surface area contributed by atoms with Crippen LogP contribution in [0.15, 0.2) is 218 Å². The molecule has 2 heteroatoms. The molecule has 0 saturated carbocycles. The van der Waals surface area contributed by atoms with Crippen molar-refractivity contribution in [2.75, 3.05) is 4.90 Å². The van der Waals surface area contributed by atoms with E-state index in [-0.39, 0.29) is 0 Å². The van der Waals surface area contributed by atoms with E-state index < -0.39 is 0 Å². The quantitative estimate of drug-likeness (QED) is 0.166. The summed E-state index contributed by atoms with van der Waals surface area (Å²) in [5.74, 6) is 0.464. The van der Waals surface area contributed by atoms with E-state index in [2.05, 4.69) is 216 Å². The van der Waals surface area contributed by atoms with Crippen molar-refractivity contribution in [3.05, 3.63) is 218 Å². The highest BCUT2D eigenvalue weighted by atomic mass is 15.2. The Morgan fingerprint density at radius 1 is 0.429 bits per heavy atom. The predicted octanol–water partition coefficient (Wildman–Crippen LogP) is 14.0. The average Bonchev–Trinajstić information content (AvgIpc) is 3.80. The van der Waals surface area contributed by atoms with Crippen LogP contribution in [-0.2, 0) is 0 Å². The maximum absolute atomic E-state index is 2.54. The highest BCUT2D eigenvalue weighted by molar-refractivity contribution is 6.09. The molecule has 1 aliphatic heterocycles. The monoisotopic (exact) mass is 716 g/mol. The fourth-order valence-corrected chi connectivity index (χ4v) is 9.33. The molecule has 0 fully saturated rings. The third-order valence-electron chi connectivity index (χ3n) is 12.0. The summed E-state index contributed by atoms with van der Waals surface area (Å²) in [6.07, 6.45) is 16.1. The highest BCUT2D eigenvalue weighted by Crippen LogP contribution is 2.45. The van der Waals surface area contributed by atoms with Crippen molar-refractivity contribution >= 4 is 27.5 Å². The van der Waals surface area contributed by atoms with Crippen molar-refractivity contribution in [2.45, 2.75) is 18.9 Å². The largest absolute Gasteiger partial charge is 0.334 e. The fourth-order valence-electron chi connectivity index (χ4n) is 9.33. The van der Waals surface area contributed by atoms with Crippen LogP contribution in [-0.4, -0.2) is 10.6 Å². The van der Waals surface area contributed by atoms with Crippen LogP contribution < -0.4 is 4.90 Å². The lowest BCUT2D eigenvalue weighted by Crippen LogP contribution is -2.32. The van der Waals surface area contributed by atoms with E-state index >= 15 is 0 Å². The van der Waals surface area contributed by atoms with E-state index in [1.54, 1.807) is 5.57 Å². The van der Waals surface area contributed by atoms with E-state index in [1.807, 2.05) is 0 Å². The lowest BCUT2D eigenvalue weighted by Gasteiger charge is -2.30. The molecule has 0 saturated heterocycles. The number of benzene rings is 7. The molecule has 8 aromatic rings. The zero-order valence-corrected chi connectivity index (χ0v) is 31.1. The summed E-state index contributed by atoms with van der Waals surface area (Å²) in [5.41, 5.74) is 17.5. The second-order valence-electron chi connectivity index (χ2n) is 15.2.